The van der Waals surface area contributed by atoms with Gasteiger partial charge in [-0.05, 0) is 35.4 Å². The highest BCUT2D eigenvalue weighted by molar-refractivity contribution is 5.58. The molecule has 138 valence electrons. The van der Waals surface area contributed by atoms with E-state index in [0.29, 0.717) is 11.1 Å². The zero-order valence-corrected chi connectivity index (χ0v) is 14.2. The Kier molecular flexibility index (Phi) is 5.95. The van der Waals surface area contributed by atoms with Crippen molar-refractivity contribution < 1.29 is 29.2 Å². The maximum Gasteiger partial charge on any atom is 0.292 e. The molecule has 2 aromatic carbocycles. The van der Waals surface area contributed by atoms with Crippen molar-refractivity contribution in [1.29, 1.82) is 21.0 Å². The summed E-state index contributed by atoms with van der Waals surface area (Å²) >= 11 is 0. The molecule has 0 heterocycles. The van der Waals surface area contributed by atoms with Gasteiger partial charge in [0.25, 0.3) is 25.0 Å². The Morgan fingerprint density at radius 1 is 0.679 bits per heavy atom. The smallest absolute Gasteiger partial charge is 0.292 e. The third kappa shape index (κ3) is 3.88. The van der Waals surface area contributed by atoms with Gasteiger partial charge in [-0.15, -0.1) is 21.0 Å². The Morgan fingerprint density at radius 2 is 1.04 bits per heavy atom. The number of ether oxygens (including phenoxy) is 4. The molecule has 2 rings (SSSR count). The minimum atomic E-state index is -0.522. The fourth-order valence-corrected chi connectivity index (χ4v) is 2.46. The molecule has 10 nitrogen and oxygen atoms in total. The summed E-state index contributed by atoms with van der Waals surface area (Å²) in [6, 6.07) is 5.29. The highest BCUT2D eigenvalue weighted by Crippen LogP contribution is 2.44. The van der Waals surface area contributed by atoms with Crippen molar-refractivity contribution in [2.45, 2.75) is 12.8 Å². The molecule has 0 spiro atoms. The SMILES string of the molecule is CC(c1cc(O)c(OC#N)c(OC#N)c1)c1cc(O)c(OC#N)c(OC#N)c1. The van der Waals surface area contributed by atoms with E-state index >= 15 is 0 Å². The first-order chi connectivity index (χ1) is 13.5. The molecule has 0 atom stereocenters. The summed E-state index contributed by atoms with van der Waals surface area (Å²) in [5.74, 6) is -2.44. The summed E-state index contributed by atoms with van der Waals surface area (Å²) in [5.41, 5.74) is 0.841. The Bertz CT molecular complexity index is 986. The second kappa shape index (κ2) is 8.53. The summed E-state index contributed by atoms with van der Waals surface area (Å²) in [4.78, 5) is 0. The molecule has 10 heteroatoms. The van der Waals surface area contributed by atoms with Crippen LogP contribution in [0.2, 0.25) is 0 Å². The van der Waals surface area contributed by atoms with E-state index in [1.807, 2.05) is 0 Å². The largest absolute Gasteiger partial charge is 0.504 e. The van der Waals surface area contributed by atoms with E-state index in [1.54, 1.807) is 6.92 Å². The number of phenols is 2. The molecule has 0 amide bonds. The highest BCUT2D eigenvalue weighted by atomic mass is 16.5. The average molecular weight is 378 g/mol. The minimum absolute atomic E-state index is 0.187. The van der Waals surface area contributed by atoms with Crippen molar-refractivity contribution in [3.05, 3.63) is 35.4 Å². The normalized spacial score (nSPS) is 9.36. The number of benzene rings is 2. The number of hydrogen-bond donors (Lipinski definition) is 2. The molecule has 0 aromatic heterocycles. The molecule has 0 radical (unpaired) electrons. The van der Waals surface area contributed by atoms with E-state index in [-0.39, 0.29) is 23.0 Å². The maximum absolute atomic E-state index is 10.1. The molecular formula is C18H10N4O6. The van der Waals surface area contributed by atoms with Crippen LogP contribution in [-0.2, 0) is 0 Å². The standard InChI is InChI=1S/C18H10N4O6/c1-10(11-2-13(23)17(27-8-21)15(4-11)25-6-19)12-3-14(24)18(28-9-22)16(5-12)26-7-20/h2-5,10,23-24H,1H3. The Hall–Kier alpha value is -4.80. The van der Waals surface area contributed by atoms with Crippen LogP contribution in [0.4, 0.5) is 0 Å². The monoisotopic (exact) mass is 378 g/mol. The second-order valence-electron chi connectivity index (χ2n) is 5.23. The van der Waals surface area contributed by atoms with Crippen molar-refractivity contribution in [2.24, 2.45) is 0 Å². The number of phenolic OH excluding ortho intramolecular Hbond substituents is 2. The summed E-state index contributed by atoms with van der Waals surface area (Å²) < 4.78 is 18.7. The van der Waals surface area contributed by atoms with Crippen LogP contribution in [0.1, 0.15) is 24.0 Å². The number of nitriles is 4. The molecule has 28 heavy (non-hydrogen) atoms. The van der Waals surface area contributed by atoms with Crippen LogP contribution in [-0.4, -0.2) is 10.2 Å². The van der Waals surface area contributed by atoms with E-state index in [4.69, 9.17) is 30.5 Å². The molecule has 2 aromatic rings. The molecule has 2 N–H and O–H groups in total. The first kappa shape index (κ1) is 19.5. The molecule has 0 aliphatic carbocycles. The zero-order chi connectivity index (χ0) is 20.7. The molecule has 0 saturated heterocycles. The van der Waals surface area contributed by atoms with E-state index in [2.05, 4.69) is 9.47 Å². The van der Waals surface area contributed by atoms with Gasteiger partial charge >= 0.3 is 0 Å². The van der Waals surface area contributed by atoms with Crippen LogP contribution in [0.25, 0.3) is 0 Å². The summed E-state index contributed by atoms with van der Waals surface area (Å²) in [5, 5.41) is 55.0. The van der Waals surface area contributed by atoms with Crippen LogP contribution in [0.3, 0.4) is 0 Å². The molecule has 0 aliphatic rings. The van der Waals surface area contributed by atoms with E-state index in [0.717, 1.165) is 0 Å². The van der Waals surface area contributed by atoms with Gasteiger partial charge in [0.05, 0.1) is 0 Å². The van der Waals surface area contributed by atoms with Crippen molar-refractivity contribution in [2.75, 3.05) is 0 Å². The number of hydrogen-bond acceptors (Lipinski definition) is 10. The number of rotatable bonds is 6. The lowest BCUT2D eigenvalue weighted by Gasteiger charge is -2.17. The second-order valence-corrected chi connectivity index (χ2v) is 5.23. The molecule has 0 bridgehead atoms. The quantitative estimate of drug-likeness (QED) is 0.711. The van der Waals surface area contributed by atoms with Crippen LogP contribution in [0.15, 0.2) is 24.3 Å². The van der Waals surface area contributed by atoms with Gasteiger partial charge < -0.3 is 29.2 Å². The fraction of sp³-hybridized carbons (Fsp3) is 0.111. The number of aromatic hydroxyl groups is 2. The fourth-order valence-electron chi connectivity index (χ4n) is 2.46. The van der Waals surface area contributed by atoms with E-state index in [1.165, 1.54) is 49.3 Å². The highest BCUT2D eigenvalue weighted by Gasteiger charge is 2.22. The van der Waals surface area contributed by atoms with Gasteiger partial charge in [-0.3, -0.25) is 0 Å². The van der Waals surface area contributed by atoms with Crippen molar-refractivity contribution in [1.82, 2.24) is 0 Å². The summed E-state index contributed by atoms with van der Waals surface area (Å²) in [6.07, 6.45) is 5.62. The van der Waals surface area contributed by atoms with Crippen molar-refractivity contribution in [3.8, 4) is 59.5 Å². The molecule has 0 fully saturated rings. The molecule has 0 unspecified atom stereocenters. The Morgan fingerprint density at radius 3 is 1.36 bits per heavy atom. The lowest BCUT2D eigenvalue weighted by Crippen LogP contribution is -2.00. The van der Waals surface area contributed by atoms with Gasteiger partial charge in [-0.2, -0.15) is 0 Å². The van der Waals surface area contributed by atoms with E-state index in [9.17, 15) is 10.2 Å². The summed E-state index contributed by atoms with van der Waals surface area (Å²) in [6.45, 7) is 1.69. The topological polar surface area (TPSA) is 173 Å². The van der Waals surface area contributed by atoms with Gasteiger partial charge in [0.15, 0.2) is 23.0 Å². The van der Waals surface area contributed by atoms with Gasteiger partial charge in [0.1, 0.15) is 0 Å². The Balaban J connectivity index is 2.56. The third-order valence-electron chi connectivity index (χ3n) is 3.72. The average Bonchev–Trinajstić information content (AvgIpc) is 2.66. The number of nitrogens with zero attached hydrogens (tertiary/aromatic N) is 4. The predicted molar refractivity (Wildman–Crippen MR) is 88.7 cm³/mol. The molecule has 0 aliphatic heterocycles. The van der Waals surface area contributed by atoms with Gasteiger partial charge in [-0.1, -0.05) is 6.92 Å². The van der Waals surface area contributed by atoms with Crippen LogP contribution in [0, 0.1) is 46.1 Å². The minimum Gasteiger partial charge on any atom is -0.504 e. The molecular weight excluding hydrogens is 368 g/mol. The third-order valence-corrected chi connectivity index (χ3v) is 3.72. The lowest BCUT2D eigenvalue weighted by atomic mass is 9.92. The van der Waals surface area contributed by atoms with Crippen LogP contribution in [0.5, 0.6) is 34.5 Å². The van der Waals surface area contributed by atoms with Gasteiger partial charge in [0, 0.05) is 5.92 Å². The van der Waals surface area contributed by atoms with Crippen molar-refractivity contribution in [3.63, 3.8) is 0 Å². The van der Waals surface area contributed by atoms with Crippen LogP contribution < -0.4 is 18.9 Å². The van der Waals surface area contributed by atoms with Gasteiger partial charge in [0.2, 0.25) is 11.5 Å². The molecule has 0 saturated carbocycles. The van der Waals surface area contributed by atoms with Crippen LogP contribution >= 0.6 is 0 Å². The predicted octanol–water partition coefficient (Wildman–Crippen LogP) is 2.69. The van der Waals surface area contributed by atoms with E-state index < -0.39 is 17.4 Å². The maximum atomic E-state index is 10.1. The Labute approximate surface area is 158 Å². The summed E-state index contributed by atoms with van der Waals surface area (Å²) in [7, 11) is 0. The zero-order valence-electron chi connectivity index (χ0n) is 14.2. The lowest BCUT2D eigenvalue weighted by molar-refractivity contribution is 0.392. The van der Waals surface area contributed by atoms with Crippen molar-refractivity contribution >= 4 is 0 Å². The first-order valence-corrected chi connectivity index (χ1v) is 7.44. The van der Waals surface area contributed by atoms with Gasteiger partial charge in [-0.25, -0.2) is 0 Å². The first-order valence-electron chi connectivity index (χ1n) is 7.44.